The SMILES string of the molecule is COc1ccc2ncc(F)c(OC(=O)CC(=O)O)c2n1. The lowest BCUT2D eigenvalue weighted by molar-refractivity contribution is -0.145. The Hall–Kier alpha value is -2.77. The van der Waals surface area contributed by atoms with Crippen LogP contribution >= 0.6 is 0 Å². The van der Waals surface area contributed by atoms with Crippen molar-refractivity contribution in [2.45, 2.75) is 6.42 Å². The molecule has 0 aliphatic heterocycles. The van der Waals surface area contributed by atoms with Gasteiger partial charge in [0.25, 0.3) is 0 Å². The number of methoxy groups -OCH3 is 1. The summed E-state index contributed by atoms with van der Waals surface area (Å²) >= 11 is 0. The van der Waals surface area contributed by atoms with E-state index in [0.29, 0.717) is 0 Å². The molecule has 7 nitrogen and oxygen atoms in total. The fourth-order valence-corrected chi connectivity index (χ4v) is 1.49. The maximum absolute atomic E-state index is 13.7. The molecule has 2 aromatic heterocycles. The lowest BCUT2D eigenvalue weighted by atomic mass is 10.3. The first-order valence-corrected chi connectivity index (χ1v) is 5.43. The highest BCUT2D eigenvalue weighted by Crippen LogP contribution is 2.27. The lowest BCUT2D eigenvalue weighted by Gasteiger charge is -2.08. The summed E-state index contributed by atoms with van der Waals surface area (Å²) in [5.41, 5.74) is 0.258. The average Bonchev–Trinajstić information content (AvgIpc) is 2.40. The normalized spacial score (nSPS) is 10.3. The van der Waals surface area contributed by atoms with Crippen molar-refractivity contribution in [3.05, 3.63) is 24.1 Å². The molecule has 0 radical (unpaired) electrons. The lowest BCUT2D eigenvalue weighted by Crippen LogP contribution is -2.14. The van der Waals surface area contributed by atoms with Crippen molar-refractivity contribution in [2.75, 3.05) is 7.11 Å². The second-order valence-corrected chi connectivity index (χ2v) is 3.70. The molecule has 0 aliphatic carbocycles. The number of fused-ring (bicyclic) bond motifs is 1. The number of rotatable bonds is 4. The van der Waals surface area contributed by atoms with Crippen LogP contribution in [0.5, 0.6) is 11.6 Å². The van der Waals surface area contributed by atoms with Crippen LogP contribution in [0.3, 0.4) is 0 Å². The number of nitrogens with zero attached hydrogens (tertiary/aromatic N) is 2. The molecular formula is C12H9FN2O5. The zero-order chi connectivity index (χ0) is 14.7. The number of pyridine rings is 2. The van der Waals surface area contributed by atoms with Gasteiger partial charge in [0.05, 0.1) is 18.8 Å². The number of esters is 1. The van der Waals surface area contributed by atoms with E-state index in [-0.39, 0.29) is 16.9 Å². The summed E-state index contributed by atoms with van der Waals surface area (Å²) in [6.45, 7) is 0. The van der Waals surface area contributed by atoms with Crippen LogP contribution in [0, 0.1) is 5.82 Å². The van der Waals surface area contributed by atoms with Crippen molar-refractivity contribution < 1.29 is 28.6 Å². The maximum Gasteiger partial charge on any atom is 0.322 e. The van der Waals surface area contributed by atoms with Gasteiger partial charge in [0.1, 0.15) is 11.9 Å². The highest BCUT2D eigenvalue weighted by Gasteiger charge is 2.18. The first kappa shape index (κ1) is 13.7. The van der Waals surface area contributed by atoms with Crippen LogP contribution in [0.15, 0.2) is 18.3 Å². The van der Waals surface area contributed by atoms with Crippen molar-refractivity contribution in [1.29, 1.82) is 0 Å². The maximum atomic E-state index is 13.7. The van der Waals surface area contributed by atoms with E-state index in [1.54, 1.807) is 0 Å². The van der Waals surface area contributed by atoms with Crippen molar-refractivity contribution >= 4 is 23.0 Å². The van der Waals surface area contributed by atoms with Gasteiger partial charge in [-0.1, -0.05) is 0 Å². The summed E-state index contributed by atoms with van der Waals surface area (Å²) in [5, 5.41) is 8.48. The van der Waals surface area contributed by atoms with E-state index in [1.807, 2.05) is 0 Å². The third kappa shape index (κ3) is 2.79. The highest BCUT2D eigenvalue weighted by molar-refractivity contribution is 5.93. The molecule has 2 aromatic rings. The molecule has 0 spiro atoms. The molecule has 0 amide bonds. The van der Waals surface area contributed by atoms with Crippen LogP contribution in [-0.2, 0) is 9.59 Å². The van der Waals surface area contributed by atoms with Gasteiger partial charge < -0.3 is 14.6 Å². The fraction of sp³-hybridized carbons (Fsp3) is 0.167. The molecule has 0 aliphatic rings. The monoisotopic (exact) mass is 280 g/mol. The van der Waals surface area contributed by atoms with Crippen molar-refractivity contribution in [1.82, 2.24) is 9.97 Å². The number of carbonyl (C=O) groups is 2. The molecular weight excluding hydrogens is 271 g/mol. The predicted molar refractivity (Wildman–Crippen MR) is 63.9 cm³/mol. The smallest absolute Gasteiger partial charge is 0.322 e. The van der Waals surface area contributed by atoms with Crippen molar-refractivity contribution in [2.24, 2.45) is 0 Å². The van der Waals surface area contributed by atoms with E-state index in [1.165, 1.54) is 19.2 Å². The van der Waals surface area contributed by atoms with E-state index < -0.39 is 29.9 Å². The number of aromatic nitrogens is 2. The van der Waals surface area contributed by atoms with Crippen molar-refractivity contribution in [3.8, 4) is 11.6 Å². The molecule has 0 unspecified atom stereocenters. The minimum Gasteiger partial charge on any atom is -0.481 e. The number of carbonyl (C=O) groups excluding carboxylic acids is 1. The fourth-order valence-electron chi connectivity index (χ4n) is 1.49. The minimum absolute atomic E-state index is 0.0249. The van der Waals surface area contributed by atoms with Gasteiger partial charge in [0.2, 0.25) is 5.88 Å². The van der Waals surface area contributed by atoms with Crippen molar-refractivity contribution in [3.63, 3.8) is 0 Å². The zero-order valence-corrected chi connectivity index (χ0v) is 10.3. The highest BCUT2D eigenvalue weighted by atomic mass is 19.1. The molecule has 0 saturated heterocycles. The molecule has 104 valence electrons. The second kappa shape index (κ2) is 5.47. The molecule has 0 saturated carbocycles. The summed E-state index contributed by atoms with van der Waals surface area (Å²) in [5.74, 6) is -3.69. The number of carboxylic acid groups (broad SMARTS) is 1. The summed E-state index contributed by atoms with van der Waals surface area (Å²) in [4.78, 5) is 29.5. The topological polar surface area (TPSA) is 98.6 Å². The van der Waals surface area contributed by atoms with Gasteiger partial charge in [-0.05, 0) is 6.07 Å². The van der Waals surface area contributed by atoms with Crippen LogP contribution in [-0.4, -0.2) is 34.1 Å². The van der Waals surface area contributed by atoms with E-state index >= 15 is 0 Å². The Morgan fingerprint density at radius 3 is 2.80 bits per heavy atom. The standard InChI is InChI=1S/C12H9FN2O5/c1-19-8-3-2-7-11(15-8)12(6(13)5-14-7)20-10(18)4-9(16)17/h2-3,5H,4H2,1H3,(H,16,17). The molecule has 2 rings (SSSR count). The zero-order valence-electron chi connectivity index (χ0n) is 10.3. The predicted octanol–water partition coefficient (Wildman–Crippen LogP) is 1.16. The first-order valence-electron chi connectivity index (χ1n) is 5.43. The van der Waals surface area contributed by atoms with Gasteiger partial charge in [0.15, 0.2) is 11.6 Å². The number of halogens is 1. The molecule has 0 aromatic carbocycles. The Kier molecular flexibility index (Phi) is 3.74. The van der Waals surface area contributed by atoms with Gasteiger partial charge in [-0.25, -0.2) is 9.37 Å². The van der Waals surface area contributed by atoms with Gasteiger partial charge >= 0.3 is 11.9 Å². The van der Waals surface area contributed by atoms with E-state index in [9.17, 15) is 14.0 Å². The average molecular weight is 280 g/mol. The number of ether oxygens (including phenoxy) is 2. The van der Waals surface area contributed by atoms with Gasteiger partial charge in [-0.2, -0.15) is 0 Å². The summed E-state index contributed by atoms with van der Waals surface area (Å²) in [7, 11) is 1.37. The van der Waals surface area contributed by atoms with E-state index in [0.717, 1.165) is 6.20 Å². The van der Waals surface area contributed by atoms with Gasteiger partial charge in [0, 0.05) is 6.07 Å². The third-order valence-electron chi connectivity index (χ3n) is 2.32. The minimum atomic E-state index is -1.38. The number of hydrogen-bond acceptors (Lipinski definition) is 6. The second-order valence-electron chi connectivity index (χ2n) is 3.70. The third-order valence-corrected chi connectivity index (χ3v) is 2.32. The Morgan fingerprint density at radius 2 is 2.15 bits per heavy atom. The van der Waals surface area contributed by atoms with E-state index in [2.05, 4.69) is 9.97 Å². The van der Waals surface area contributed by atoms with E-state index in [4.69, 9.17) is 14.6 Å². The molecule has 0 bridgehead atoms. The largest absolute Gasteiger partial charge is 0.481 e. The molecule has 2 heterocycles. The van der Waals surface area contributed by atoms with Crippen LogP contribution in [0.1, 0.15) is 6.42 Å². The Morgan fingerprint density at radius 1 is 1.40 bits per heavy atom. The Labute approximate surface area is 112 Å². The molecule has 0 fully saturated rings. The molecule has 1 N–H and O–H groups in total. The van der Waals surface area contributed by atoms with Gasteiger partial charge in [-0.15, -0.1) is 0 Å². The summed E-state index contributed by atoms with van der Waals surface area (Å²) in [6.07, 6.45) is -0.0207. The van der Waals surface area contributed by atoms with Crippen LogP contribution in [0.2, 0.25) is 0 Å². The van der Waals surface area contributed by atoms with Gasteiger partial charge in [-0.3, -0.25) is 14.6 Å². The molecule has 8 heteroatoms. The van der Waals surface area contributed by atoms with Crippen LogP contribution in [0.4, 0.5) is 4.39 Å². The number of carboxylic acids is 1. The number of hydrogen-bond donors (Lipinski definition) is 1. The molecule has 0 atom stereocenters. The Bertz CT molecular complexity index is 689. The first-order chi connectivity index (χ1) is 9.51. The van der Waals surface area contributed by atoms with Crippen LogP contribution < -0.4 is 9.47 Å². The molecule has 20 heavy (non-hydrogen) atoms. The number of aliphatic carboxylic acids is 1. The Balaban J connectivity index is 2.47. The summed E-state index contributed by atoms with van der Waals surface area (Å²) in [6, 6.07) is 3.02. The quantitative estimate of drug-likeness (QED) is 0.662. The van der Waals surface area contributed by atoms with Crippen LogP contribution in [0.25, 0.3) is 11.0 Å². The summed E-state index contributed by atoms with van der Waals surface area (Å²) < 4.78 is 23.3.